The molecule has 2 aromatic carbocycles. The Balaban J connectivity index is 0.00000108. The van der Waals surface area contributed by atoms with Crippen molar-refractivity contribution in [3.8, 4) is 0 Å². The fourth-order valence-corrected chi connectivity index (χ4v) is 2.03. The Hall–Kier alpha value is -1.80. The summed E-state index contributed by atoms with van der Waals surface area (Å²) in [6.07, 6.45) is 4.50. The van der Waals surface area contributed by atoms with Gasteiger partial charge in [0.25, 0.3) is 0 Å². The van der Waals surface area contributed by atoms with Crippen LogP contribution in [0.1, 0.15) is 11.3 Å². The molecule has 3 rings (SSSR count). The molecular formula is C14H13ClN2. The number of rotatable bonds is 2. The number of nitrogens with one attached hydrogen (secondary N) is 1. The molecule has 0 aliphatic rings. The quantitative estimate of drug-likeness (QED) is 0.734. The van der Waals surface area contributed by atoms with E-state index in [0.717, 1.165) is 12.1 Å². The maximum atomic E-state index is 4.04. The number of halogens is 1. The van der Waals surface area contributed by atoms with Gasteiger partial charge in [-0.3, -0.25) is 0 Å². The number of aromatic amines is 1. The van der Waals surface area contributed by atoms with Crippen LogP contribution >= 0.6 is 12.4 Å². The Morgan fingerprint density at radius 2 is 1.82 bits per heavy atom. The standard InChI is InChI=1S/C14H12N2.ClH/c1-2-7-14-11(4-1)5-3-6-12(14)8-13-9-15-10-16-13;/h1-7,9-10H,8H2,(H,15,16);1H. The molecule has 0 spiro atoms. The van der Waals surface area contributed by atoms with E-state index in [-0.39, 0.29) is 12.4 Å². The van der Waals surface area contributed by atoms with Crippen LogP contribution in [0.4, 0.5) is 0 Å². The zero-order chi connectivity index (χ0) is 10.8. The third-order valence-electron chi connectivity index (χ3n) is 2.82. The maximum absolute atomic E-state index is 4.04. The molecule has 0 atom stereocenters. The van der Waals surface area contributed by atoms with Gasteiger partial charge in [0.2, 0.25) is 0 Å². The molecule has 2 nitrogen and oxygen atoms in total. The van der Waals surface area contributed by atoms with Gasteiger partial charge in [-0.25, -0.2) is 4.98 Å². The van der Waals surface area contributed by atoms with E-state index < -0.39 is 0 Å². The van der Waals surface area contributed by atoms with Crippen molar-refractivity contribution < 1.29 is 0 Å². The summed E-state index contributed by atoms with van der Waals surface area (Å²) in [5.41, 5.74) is 2.48. The average Bonchev–Trinajstić information content (AvgIpc) is 2.82. The van der Waals surface area contributed by atoms with Gasteiger partial charge in [0.05, 0.1) is 6.33 Å². The molecule has 0 saturated carbocycles. The Bertz CT molecular complexity index is 597. The van der Waals surface area contributed by atoms with Gasteiger partial charge in [-0.05, 0) is 16.3 Å². The lowest BCUT2D eigenvalue weighted by molar-refractivity contribution is 1.12. The van der Waals surface area contributed by atoms with E-state index in [1.165, 1.54) is 16.3 Å². The molecule has 0 aliphatic carbocycles. The number of H-pyrrole nitrogens is 1. The van der Waals surface area contributed by atoms with E-state index in [1.807, 2.05) is 6.20 Å². The summed E-state index contributed by atoms with van der Waals surface area (Å²) < 4.78 is 0. The third-order valence-corrected chi connectivity index (χ3v) is 2.82. The summed E-state index contributed by atoms with van der Waals surface area (Å²) in [5, 5.41) is 2.61. The van der Waals surface area contributed by atoms with Gasteiger partial charge < -0.3 is 4.98 Å². The summed E-state index contributed by atoms with van der Waals surface area (Å²) in [4.78, 5) is 7.18. The molecule has 0 unspecified atom stereocenters. The highest BCUT2D eigenvalue weighted by Crippen LogP contribution is 2.20. The van der Waals surface area contributed by atoms with Crippen LogP contribution in [-0.2, 0) is 6.42 Å². The minimum Gasteiger partial charge on any atom is -0.348 e. The van der Waals surface area contributed by atoms with Crippen LogP contribution in [0.25, 0.3) is 10.8 Å². The van der Waals surface area contributed by atoms with Crippen LogP contribution < -0.4 is 0 Å². The highest BCUT2D eigenvalue weighted by atomic mass is 35.5. The van der Waals surface area contributed by atoms with Gasteiger partial charge in [-0.1, -0.05) is 42.5 Å². The Kier molecular flexibility index (Phi) is 3.45. The fourth-order valence-electron chi connectivity index (χ4n) is 2.03. The molecule has 3 heteroatoms. The van der Waals surface area contributed by atoms with Gasteiger partial charge in [-0.2, -0.15) is 0 Å². The highest BCUT2D eigenvalue weighted by molar-refractivity contribution is 5.86. The second kappa shape index (κ2) is 5.02. The average molecular weight is 245 g/mol. The summed E-state index contributed by atoms with van der Waals surface area (Å²) in [6, 6.07) is 14.9. The first kappa shape index (κ1) is 11.7. The first-order chi connectivity index (χ1) is 7.93. The zero-order valence-corrected chi connectivity index (χ0v) is 10.1. The lowest BCUT2D eigenvalue weighted by Gasteiger charge is -2.04. The van der Waals surface area contributed by atoms with E-state index in [9.17, 15) is 0 Å². The molecule has 3 aromatic rings. The minimum atomic E-state index is 0. The van der Waals surface area contributed by atoms with Crippen molar-refractivity contribution in [2.24, 2.45) is 0 Å². The van der Waals surface area contributed by atoms with Crippen molar-refractivity contribution in [2.75, 3.05) is 0 Å². The van der Waals surface area contributed by atoms with Crippen molar-refractivity contribution in [2.45, 2.75) is 6.42 Å². The van der Waals surface area contributed by atoms with Crippen molar-refractivity contribution in [3.63, 3.8) is 0 Å². The van der Waals surface area contributed by atoms with Gasteiger partial charge >= 0.3 is 0 Å². The summed E-state index contributed by atoms with van der Waals surface area (Å²) >= 11 is 0. The monoisotopic (exact) mass is 244 g/mol. The summed E-state index contributed by atoms with van der Waals surface area (Å²) in [7, 11) is 0. The molecule has 0 aliphatic heterocycles. The number of nitrogens with zero attached hydrogens (tertiary/aromatic N) is 1. The minimum absolute atomic E-state index is 0. The van der Waals surface area contributed by atoms with Crippen LogP contribution in [-0.4, -0.2) is 9.97 Å². The molecule has 0 bridgehead atoms. The molecule has 86 valence electrons. The van der Waals surface area contributed by atoms with Crippen LogP contribution in [0.15, 0.2) is 55.0 Å². The number of hydrogen-bond acceptors (Lipinski definition) is 1. The molecule has 1 heterocycles. The van der Waals surface area contributed by atoms with Crippen LogP contribution in [0.5, 0.6) is 0 Å². The largest absolute Gasteiger partial charge is 0.348 e. The van der Waals surface area contributed by atoms with Crippen molar-refractivity contribution in [1.29, 1.82) is 0 Å². The molecule has 0 amide bonds. The van der Waals surface area contributed by atoms with E-state index in [0.29, 0.717) is 0 Å². The van der Waals surface area contributed by atoms with Crippen molar-refractivity contribution in [3.05, 3.63) is 66.2 Å². The zero-order valence-electron chi connectivity index (χ0n) is 9.26. The van der Waals surface area contributed by atoms with E-state index in [2.05, 4.69) is 52.4 Å². The van der Waals surface area contributed by atoms with Crippen LogP contribution in [0, 0.1) is 0 Å². The predicted octanol–water partition coefficient (Wildman–Crippen LogP) is 3.58. The molecule has 1 N–H and O–H groups in total. The molecule has 0 radical (unpaired) electrons. The number of aromatic nitrogens is 2. The number of fused-ring (bicyclic) bond motifs is 1. The Morgan fingerprint density at radius 3 is 2.65 bits per heavy atom. The van der Waals surface area contributed by atoms with Crippen LogP contribution in [0.2, 0.25) is 0 Å². The topological polar surface area (TPSA) is 28.7 Å². The summed E-state index contributed by atoms with van der Waals surface area (Å²) in [5.74, 6) is 0. The highest BCUT2D eigenvalue weighted by Gasteiger charge is 2.01. The first-order valence-corrected chi connectivity index (χ1v) is 5.37. The number of imidazole rings is 1. The second-order valence-electron chi connectivity index (χ2n) is 3.89. The third kappa shape index (κ3) is 2.32. The van der Waals surface area contributed by atoms with Crippen molar-refractivity contribution >= 4 is 23.2 Å². The second-order valence-corrected chi connectivity index (χ2v) is 3.89. The lowest BCUT2D eigenvalue weighted by atomic mass is 10.0. The smallest absolute Gasteiger partial charge is 0.0921 e. The van der Waals surface area contributed by atoms with Gasteiger partial charge in [-0.15, -0.1) is 12.4 Å². The van der Waals surface area contributed by atoms with Gasteiger partial charge in [0.1, 0.15) is 0 Å². The normalized spacial score (nSPS) is 10.1. The molecule has 0 fully saturated rings. The van der Waals surface area contributed by atoms with Crippen molar-refractivity contribution in [1.82, 2.24) is 9.97 Å². The van der Waals surface area contributed by atoms with Crippen LogP contribution in [0.3, 0.4) is 0 Å². The van der Waals surface area contributed by atoms with E-state index in [1.54, 1.807) is 6.33 Å². The van der Waals surface area contributed by atoms with Gasteiger partial charge in [0.15, 0.2) is 0 Å². The first-order valence-electron chi connectivity index (χ1n) is 5.37. The number of hydrogen-bond donors (Lipinski definition) is 1. The van der Waals surface area contributed by atoms with E-state index >= 15 is 0 Å². The van der Waals surface area contributed by atoms with E-state index in [4.69, 9.17) is 0 Å². The maximum Gasteiger partial charge on any atom is 0.0921 e. The predicted molar refractivity (Wildman–Crippen MR) is 72.6 cm³/mol. The Labute approximate surface area is 106 Å². The molecular weight excluding hydrogens is 232 g/mol. The Morgan fingerprint density at radius 1 is 1.00 bits per heavy atom. The molecule has 1 aromatic heterocycles. The van der Waals surface area contributed by atoms with Gasteiger partial charge in [0, 0.05) is 18.3 Å². The molecule has 17 heavy (non-hydrogen) atoms. The SMILES string of the molecule is Cl.c1ccc2c(Cc3cnc[nH]3)cccc2c1. The number of benzene rings is 2. The lowest BCUT2D eigenvalue weighted by Crippen LogP contribution is -1.89. The fraction of sp³-hybridized carbons (Fsp3) is 0.0714. The molecule has 0 saturated heterocycles. The summed E-state index contributed by atoms with van der Waals surface area (Å²) in [6.45, 7) is 0.